The van der Waals surface area contributed by atoms with E-state index >= 15 is 0 Å². The molecule has 0 saturated heterocycles. The summed E-state index contributed by atoms with van der Waals surface area (Å²) in [7, 11) is 0. The van der Waals surface area contributed by atoms with Crippen LogP contribution in [0.5, 0.6) is 0 Å². The predicted octanol–water partition coefficient (Wildman–Crippen LogP) is 16.1. The van der Waals surface area contributed by atoms with E-state index in [1.165, 1.54) is 161 Å². The van der Waals surface area contributed by atoms with E-state index in [1.54, 1.807) is 0 Å². The van der Waals surface area contributed by atoms with E-state index in [0.29, 0.717) is 19.3 Å². The van der Waals surface area contributed by atoms with Crippen LogP contribution >= 0.6 is 0 Å². The van der Waals surface area contributed by atoms with E-state index in [0.717, 1.165) is 76.0 Å². The lowest BCUT2D eigenvalue weighted by atomic mass is 10.0. The van der Waals surface area contributed by atoms with Crippen molar-refractivity contribution in [2.24, 2.45) is 11.8 Å². The van der Waals surface area contributed by atoms with Crippen molar-refractivity contribution in [3.05, 3.63) is 0 Å². The standard InChI is InChI=1S/C51H98O6/c1-6-7-8-29-36-41-49(52)55-44-48(45-56-50(53)42-37-32-27-23-19-16-12-14-18-22-26-31-35-40-47(4)5)57-51(54)43-38-33-28-24-20-15-11-9-10-13-17-21-25-30-34-39-46(2)3/h46-48H,6-45H2,1-5H3/t48-/m0/s1. The first kappa shape index (κ1) is 55.4. The molecule has 1 atom stereocenters. The van der Waals surface area contributed by atoms with Crippen molar-refractivity contribution < 1.29 is 28.6 Å². The van der Waals surface area contributed by atoms with Crippen LogP contribution in [0.15, 0.2) is 0 Å². The molecule has 0 aromatic carbocycles. The van der Waals surface area contributed by atoms with Gasteiger partial charge in [0, 0.05) is 19.3 Å². The van der Waals surface area contributed by atoms with E-state index in [9.17, 15) is 14.4 Å². The molecule has 0 bridgehead atoms. The first-order valence-electron chi connectivity index (χ1n) is 25.2. The number of hydrogen-bond donors (Lipinski definition) is 0. The first-order valence-corrected chi connectivity index (χ1v) is 25.2. The zero-order chi connectivity index (χ0) is 41.9. The van der Waals surface area contributed by atoms with E-state index in [4.69, 9.17) is 14.2 Å². The Bertz CT molecular complexity index is 870. The van der Waals surface area contributed by atoms with Crippen molar-refractivity contribution in [1.29, 1.82) is 0 Å². The second-order valence-electron chi connectivity index (χ2n) is 18.4. The Balaban J connectivity index is 4.12. The molecule has 0 N–H and O–H groups in total. The lowest BCUT2D eigenvalue weighted by Gasteiger charge is -2.18. The van der Waals surface area contributed by atoms with Crippen LogP contribution in [0.4, 0.5) is 0 Å². The van der Waals surface area contributed by atoms with Gasteiger partial charge in [-0.2, -0.15) is 0 Å². The Morgan fingerprint density at radius 1 is 0.333 bits per heavy atom. The van der Waals surface area contributed by atoms with Crippen LogP contribution in [0.25, 0.3) is 0 Å². The third-order valence-corrected chi connectivity index (χ3v) is 11.5. The molecular weight excluding hydrogens is 709 g/mol. The fourth-order valence-electron chi connectivity index (χ4n) is 7.64. The highest BCUT2D eigenvalue weighted by molar-refractivity contribution is 5.71. The summed E-state index contributed by atoms with van der Waals surface area (Å²) in [6.07, 6.45) is 44.1. The summed E-state index contributed by atoms with van der Waals surface area (Å²) in [5.74, 6) is 0.824. The van der Waals surface area contributed by atoms with Crippen molar-refractivity contribution in [3.63, 3.8) is 0 Å². The Hall–Kier alpha value is -1.59. The van der Waals surface area contributed by atoms with Gasteiger partial charge in [-0.15, -0.1) is 0 Å². The number of rotatable bonds is 45. The summed E-state index contributed by atoms with van der Waals surface area (Å²) in [5, 5.41) is 0. The molecule has 0 aliphatic rings. The van der Waals surface area contributed by atoms with Crippen molar-refractivity contribution in [1.82, 2.24) is 0 Å². The van der Waals surface area contributed by atoms with Crippen molar-refractivity contribution >= 4 is 17.9 Å². The molecule has 0 saturated carbocycles. The number of hydrogen-bond acceptors (Lipinski definition) is 6. The molecule has 0 aliphatic heterocycles. The predicted molar refractivity (Wildman–Crippen MR) is 243 cm³/mol. The van der Waals surface area contributed by atoms with Gasteiger partial charge in [0.2, 0.25) is 0 Å². The van der Waals surface area contributed by atoms with Crippen LogP contribution in [0.1, 0.15) is 279 Å². The molecule has 0 radical (unpaired) electrons. The number of carbonyl (C=O) groups is 3. The highest BCUT2D eigenvalue weighted by Gasteiger charge is 2.19. The van der Waals surface area contributed by atoms with Gasteiger partial charge in [-0.25, -0.2) is 0 Å². The van der Waals surface area contributed by atoms with Gasteiger partial charge in [0.05, 0.1) is 0 Å². The molecule has 6 nitrogen and oxygen atoms in total. The molecule has 0 aliphatic carbocycles. The second-order valence-corrected chi connectivity index (χ2v) is 18.4. The quantitative estimate of drug-likeness (QED) is 0.0346. The van der Waals surface area contributed by atoms with Crippen LogP contribution < -0.4 is 0 Å². The van der Waals surface area contributed by atoms with Gasteiger partial charge in [-0.1, -0.05) is 240 Å². The molecule has 0 rings (SSSR count). The molecule has 0 heterocycles. The minimum Gasteiger partial charge on any atom is -0.462 e. The summed E-state index contributed by atoms with van der Waals surface area (Å²) in [6.45, 7) is 11.3. The van der Waals surface area contributed by atoms with Crippen molar-refractivity contribution in [3.8, 4) is 0 Å². The monoisotopic (exact) mass is 807 g/mol. The Kier molecular flexibility index (Phi) is 42.7. The van der Waals surface area contributed by atoms with Crippen LogP contribution in [-0.2, 0) is 28.6 Å². The minimum absolute atomic E-state index is 0.0647. The van der Waals surface area contributed by atoms with Crippen molar-refractivity contribution in [2.45, 2.75) is 285 Å². The third kappa shape index (κ3) is 45.3. The summed E-state index contributed by atoms with van der Waals surface area (Å²) in [5.41, 5.74) is 0. The van der Waals surface area contributed by atoms with E-state index in [-0.39, 0.29) is 31.1 Å². The van der Waals surface area contributed by atoms with Gasteiger partial charge >= 0.3 is 17.9 Å². The summed E-state index contributed by atoms with van der Waals surface area (Å²) in [6, 6.07) is 0. The van der Waals surface area contributed by atoms with Gasteiger partial charge in [-0.3, -0.25) is 14.4 Å². The lowest BCUT2D eigenvalue weighted by Crippen LogP contribution is -2.30. The van der Waals surface area contributed by atoms with Crippen LogP contribution in [0.2, 0.25) is 0 Å². The number of carbonyl (C=O) groups excluding carboxylic acids is 3. The number of esters is 3. The Labute approximate surface area is 355 Å². The Morgan fingerprint density at radius 3 is 0.860 bits per heavy atom. The zero-order valence-electron chi connectivity index (χ0n) is 39.0. The largest absolute Gasteiger partial charge is 0.462 e. The maximum absolute atomic E-state index is 12.7. The zero-order valence-corrected chi connectivity index (χ0v) is 39.0. The maximum atomic E-state index is 12.7. The number of unbranched alkanes of at least 4 members (excludes halogenated alkanes) is 30. The minimum atomic E-state index is -0.759. The molecular formula is C51H98O6. The highest BCUT2D eigenvalue weighted by Crippen LogP contribution is 2.17. The van der Waals surface area contributed by atoms with Gasteiger partial charge in [0.15, 0.2) is 6.10 Å². The van der Waals surface area contributed by atoms with Crippen LogP contribution in [0.3, 0.4) is 0 Å². The average Bonchev–Trinajstić information content (AvgIpc) is 3.18. The fraction of sp³-hybridized carbons (Fsp3) is 0.941. The topological polar surface area (TPSA) is 78.9 Å². The van der Waals surface area contributed by atoms with Gasteiger partial charge in [-0.05, 0) is 31.1 Å². The summed E-state index contributed by atoms with van der Waals surface area (Å²) >= 11 is 0. The molecule has 57 heavy (non-hydrogen) atoms. The van der Waals surface area contributed by atoms with E-state index in [1.807, 2.05) is 0 Å². The van der Waals surface area contributed by atoms with Gasteiger partial charge in [0.1, 0.15) is 13.2 Å². The molecule has 0 unspecified atom stereocenters. The lowest BCUT2D eigenvalue weighted by molar-refractivity contribution is -0.167. The SMILES string of the molecule is CCCCCCCC(=O)OC[C@@H](COC(=O)CCCCCCCCCCCCCCCC(C)C)OC(=O)CCCCCCCCCCCCCCCCCC(C)C. The molecule has 0 fully saturated rings. The molecule has 0 spiro atoms. The molecule has 0 aromatic rings. The molecule has 6 heteroatoms. The summed E-state index contributed by atoms with van der Waals surface area (Å²) < 4.78 is 16.7. The molecule has 338 valence electrons. The van der Waals surface area contributed by atoms with Gasteiger partial charge < -0.3 is 14.2 Å². The third-order valence-electron chi connectivity index (χ3n) is 11.5. The van der Waals surface area contributed by atoms with Crippen molar-refractivity contribution in [2.75, 3.05) is 13.2 Å². The molecule has 0 aromatic heterocycles. The maximum Gasteiger partial charge on any atom is 0.306 e. The summed E-state index contributed by atoms with van der Waals surface area (Å²) in [4.78, 5) is 37.6. The second kappa shape index (κ2) is 44.0. The average molecular weight is 807 g/mol. The Morgan fingerprint density at radius 2 is 0.579 bits per heavy atom. The smallest absolute Gasteiger partial charge is 0.306 e. The molecule has 0 amide bonds. The first-order chi connectivity index (χ1) is 27.7. The fourth-order valence-corrected chi connectivity index (χ4v) is 7.64. The normalized spacial score (nSPS) is 12.1. The number of ether oxygens (including phenoxy) is 3. The van der Waals surface area contributed by atoms with Crippen LogP contribution in [-0.4, -0.2) is 37.2 Å². The van der Waals surface area contributed by atoms with E-state index in [2.05, 4.69) is 34.6 Å². The van der Waals surface area contributed by atoms with Gasteiger partial charge in [0.25, 0.3) is 0 Å². The van der Waals surface area contributed by atoms with E-state index < -0.39 is 6.10 Å². The highest BCUT2D eigenvalue weighted by atomic mass is 16.6. The van der Waals surface area contributed by atoms with Crippen LogP contribution in [0, 0.1) is 11.8 Å².